The fourth-order valence-electron chi connectivity index (χ4n) is 2.86. The summed E-state index contributed by atoms with van der Waals surface area (Å²) < 4.78 is 6.97. The molecule has 0 fully saturated rings. The van der Waals surface area contributed by atoms with Gasteiger partial charge in [-0.1, -0.05) is 37.3 Å². The first-order valence-corrected chi connectivity index (χ1v) is 8.72. The van der Waals surface area contributed by atoms with Gasteiger partial charge in [0.15, 0.2) is 0 Å². The number of nitrogens with zero attached hydrogens (tertiary/aromatic N) is 2. The van der Waals surface area contributed by atoms with Crippen LogP contribution in [0.4, 0.5) is 0 Å². The van der Waals surface area contributed by atoms with Crippen molar-refractivity contribution in [2.75, 3.05) is 7.11 Å². The topological polar surface area (TPSA) is 56.2 Å². The molecule has 1 N–H and O–H groups in total. The normalized spacial score (nSPS) is 11.8. The summed E-state index contributed by atoms with van der Waals surface area (Å²) >= 11 is 0. The zero-order valence-electron chi connectivity index (χ0n) is 15.1. The Morgan fingerprint density at radius 2 is 1.88 bits per heavy atom. The Balaban J connectivity index is 1.63. The van der Waals surface area contributed by atoms with E-state index in [0.29, 0.717) is 6.42 Å². The summed E-state index contributed by atoms with van der Waals surface area (Å²) in [6.45, 7) is 2.06. The smallest absolute Gasteiger partial charge is 0.225 e. The van der Waals surface area contributed by atoms with Crippen molar-refractivity contribution in [2.24, 2.45) is 0 Å². The van der Waals surface area contributed by atoms with Crippen LogP contribution in [0.25, 0.3) is 5.69 Å². The van der Waals surface area contributed by atoms with Crippen LogP contribution in [0.1, 0.15) is 30.5 Å². The second-order valence-corrected chi connectivity index (χ2v) is 6.11. The standard InChI is InChI=1S/C21H23N3O2/c1-3-20(17-9-11-19(26-2)12-10-17)23-21(25)13-16-14-22-24(15-16)18-7-5-4-6-8-18/h4-12,14-15,20H,3,13H2,1-2H3,(H,23,25)/t20-/m1/s1. The lowest BCUT2D eigenvalue weighted by Gasteiger charge is -2.17. The number of hydrogen-bond acceptors (Lipinski definition) is 3. The second-order valence-electron chi connectivity index (χ2n) is 6.11. The van der Waals surface area contributed by atoms with E-state index in [1.807, 2.05) is 60.8 Å². The molecule has 0 bridgehead atoms. The SMILES string of the molecule is CC[C@@H](NC(=O)Cc1cnn(-c2ccccc2)c1)c1ccc(OC)cc1. The molecule has 0 aliphatic rings. The van der Waals surface area contributed by atoms with Gasteiger partial charge in [0, 0.05) is 6.20 Å². The van der Waals surface area contributed by atoms with Gasteiger partial charge in [-0.2, -0.15) is 5.10 Å². The first-order valence-electron chi connectivity index (χ1n) is 8.72. The fourth-order valence-corrected chi connectivity index (χ4v) is 2.86. The maximum Gasteiger partial charge on any atom is 0.225 e. The third-order valence-corrected chi connectivity index (χ3v) is 4.28. The van der Waals surface area contributed by atoms with Gasteiger partial charge in [0.1, 0.15) is 5.75 Å². The number of para-hydroxylation sites is 1. The highest BCUT2D eigenvalue weighted by Crippen LogP contribution is 2.20. The molecule has 2 aromatic carbocycles. The van der Waals surface area contributed by atoms with Gasteiger partial charge in [0.2, 0.25) is 5.91 Å². The van der Waals surface area contributed by atoms with Crippen LogP contribution < -0.4 is 10.1 Å². The van der Waals surface area contributed by atoms with Crippen molar-refractivity contribution in [1.82, 2.24) is 15.1 Å². The molecule has 26 heavy (non-hydrogen) atoms. The van der Waals surface area contributed by atoms with Crippen molar-refractivity contribution >= 4 is 5.91 Å². The molecule has 134 valence electrons. The van der Waals surface area contributed by atoms with Gasteiger partial charge in [-0.15, -0.1) is 0 Å². The second kappa shape index (κ2) is 8.34. The molecule has 3 aromatic rings. The van der Waals surface area contributed by atoms with E-state index >= 15 is 0 Å². The zero-order chi connectivity index (χ0) is 18.4. The van der Waals surface area contributed by atoms with Crippen molar-refractivity contribution in [1.29, 1.82) is 0 Å². The monoisotopic (exact) mass is 349 g/mol. The molecule has 1 heterocycles. The highest BCUT2D eigenvalue weighted by Gasteiger charge is 2.14. The Bertz CT molecular complexity index is 841. The molecular formula is C21H23N3O2. The summed E-state index contributed by atoms with van der Waals surface area (Å²) in [5.41, 5.74) is 2.93. The first kappa shape index (κ1) is 17.7. The van der Waals surface area contributed by atoms with Crippen molar-refractivity contribution in [2.45, 2.75) is 25.8 Å². The molecule has 0 saturated carbocycles. The quantitative estimate of drug-likeness (QED) is 0.708. The minimum absolute atomic E-state index is 0.0136. The summed E-state index contributed by atoms with van der Waals surface area (Å²) in [6.07, 6.45) is 4.75. The van der Waals surface area contributed by atoms with E-state index in [4.69, 9.17) is 4.74 Å². The van der Waals surface area contributed by atoms with Gasteiger partial charge in [0.05, 0.1) is 31.5 Å². The number of hydrogen-bond donors (Lipinski definition) is 1. The summed E-state index contributed by atoms with van der Waals surface area (Å²) in [7, 11) is 1.64. The van der Waals surface area contributed by atoms with Crippen LogP contribution in [0.2, 0.25) is 0 Å². The molecule has 0 aliphatic heterocycles. The number of ether oxygens (including phenoxy) is 1. The largest absolute Gasteiger partial charge is 0.497 e. The van der Waals surface area contributed by atoms with Gasteiger partial charge in [-0.25, -0.2) is 4.68 Å². The molecule has 0 unspecified atom stereocenters. The fraction of sp³-hybridized carbons (Fsp3) is 0.238. The molecule has 0 radical (unpaired) electrons. The van der Waals surface area contributed by atoms with E-state index in [0.717, 1.165) is 29.0 Å². The molecule has 0 aliphatic carbocycles. The summed E-state index contributed by atoms with van der Waals surface area (Å²) in [5, 5.41) is 7.44. The molecule has 1 atom stereocenters. The number of aromatic nitrogens is 2. The highest BCUT2D eigenvalue weighted by molar-refractivity contribution is 5.78. The highest BCUT2D eigenvalue weighted by atomic mass is 16.5. The Kier molecular flexibility index (Phi) is 5.69. The minimum atomic E-state index is -0.0161. The number of carbonyl (C=O) groups excluding carboxylic acids is 1. The van der Waals surface area contributed by atoms with Gasteiger partial charge >= 0.3 is 0 Å². The Hall–Kier alpha value is -3.08. The van der Waals surface area contributed by atoms with E-state index in [1.165, 1.54) is 0 Å². The third-order valence-electron chi connectivity index (χ3n) is 4.28. The maximum absolute atomic E-state index is 12.5. The number of carbonyl (C=O) groups is 1. The molecule has 1 aromatic heterocycles. The average Bonchev–Trinajstić information content (AvgIpc) is 3.15. The molecule has 5 nitrogen and oxygen atoms in total. The Morgan fingerprint density at radius 1 is 1.15 bits per heavy atom. The lowest BCUT2D eigenvalue weighted by molar-refractivity contribution is -0.121. The number of benzene rings is 2. The van der Waals surface area contributed by atoms with Gasteiger partial charge in [-0.05, 0) is 41.8 Å². The maximum atomic E-state index is 12.5. The Labute approximate surface area is 153 Å². The van der Waals surface area contributed by atoms with Crippen LogP contribution in [0.3, 0.4) is 0 Å². The van der Waals surface area contributed by atoms with E-state index in [1.54, 1.807) is 18.0 Å². The van der Waals surface area contributed by atoms with E-state index in [-0.39, 0.29) is 11.9 Å². The van der Waals surface area contributed by atoms with Crippen LogP contribution >= 0.6 is 0 Å². The average molecular weight is 349 g/mol. The predicted octanol–water partition coefficient (Wildman–Crippen LogP) is 3.69. The van der Waals surface area contributed by atoms with Crippen molar-refractivity contribution in [3.63, 3.8) is 0 Å². The third kappa shape index (κ3) is 4.30. The number of rotatable bonds is 7. The van der Waals surface area contributed by atoms with Gasteiger partial charge in [-0.3, -0.25) is 4.79 Å². The van der Waals surface area contributed by atoms with Gasteiger partial charge in [0.25, 0.3) is 0 Å². The minimum Gasteiger partial charge on any atom is -0.497 e. The molecule has 5 heteroatoms. The lowest BCUT2D eigenvalue weighted by Crippen LogP contribution is -2.29. The van der Waals surface area contributed by atoms with E-state index in [9.17, 15) is 4.79 Å². The first-order chi connectivity index (χ1) is 12.7. The van der Waals surface area contributed by atoms with Crippen molar-refractivity contribution < 1.29 is 9.53 Å². The zero-order valence-corrected chi connectivity index (χ0v) is 15.1. The summed E-state index contributed by atoms with van der Waals surface area (Å²) in [4.78, 5) is 12.5. The lowest BCUT2D eigenvalue weighted by atomic mass is 10.0. The van der Waals surface area contributed by atoms with Gasteiger partial charge < -0.3 is 10.1 Å². The van der Waals surface area contributed by atoms with Crippen LogP contribution in [-0.4, -0.2) is 22.8 Å². The molecular weight excluding hydrogens is 326 g/mol. The molecule has 3 rings (SSSR count). The van der Waals surface area contributed by atoms with E-state index in [2.05, 4.69) is 17.3 Å². The number of methoxy groups -OCH3 is 1. The number of amides is 1. The molecule has 0 saturated heterocycles. The van der Waals surface area contributed by atoms with Crippen molar-refractivity contribution in [3.05, 3.63) is 78.1 Å². The van der Waals surface area contributed by atoms with E-state index < -0.39 is 0 Å². The molecule has 1 amide bonds. The molecule has 0 spiro atoms. The Morgan fingerprint density at radius 3 is 2.54 bits per heavy atom. The number of nitrogens with one attached hydrogen (secondary N) is 1. The van der Waals surface area contributed by atoms with Crippen LogP contribution in [0.5, 0.6) is 5.75 Å². The predicted molar refractivity (Wildman–Crippen MR) is 101 cm³/mol. The van der Waals surface area contributed by atoms with Crippen LogP contribution in [-0.2, 0) is 11.2 Å². The summed E-state index contributed by atoms with van der Waals surface area (Å²) in [5.74, 6) is 0.795. The van der Waals surface area contributed by atoms with Crippen molar-refractivity contribution in [3.8, 4) is 11.4 Å². The van der Waals surface area contributed by atoms with Crippen LogP contribution in [0, 0.1) is 0 Å². The van der Waals surface area contributed by atoms with Crippen LogP contribution in [0.15, 0.2) is 67.0 Å². The summed E-state index contributed by atoms with van der Waals surface area (Å²) in [6, 6.07) is 17.6.